The number of carbonyl (C=O) groups is 3. The van der Waals surface area contributed by atoms with Crippen LogP contribution in [0.2, 0.25) is 0 Å². The molecule has 0 saturated carbocycles. The number of fused-ring (bicyclic) bond motifs is 1. The van der Waals surface area contributed by atoms with Crippen molar-refractivity contribution >= 4 is 23.5 Å². The number of nitrogens with two attached hydrogens (primary N) is 1. The second-order valence-corrected chi connectivity index (χ2v) is 4.88. The molecule has 0 unspecified atom stereocenters. The van der Waals surface area contributed by atoms with Crippen LogP contribution in [0, 0.1) is 0 Å². The average molecular weight is 310 g/mol. The zero-order chi connectivity index (χ0) is 16.6. The molecule has 1 aliphatic heterocycles. The molecule has 23 heavy (non-hydrogen) atoms. The predicted octanol–water partition coefficient (Wildman–Crippen LogP) is 2.11. The fraction of sp³-hybridized carbons (Fsp3) is 0. The topological polar surface area (TPSA) is 80.5 Å². The molecule has 0 saturated heterocycles. The van der Waals surface area contributed by atoms with E-state index in [0.29, 0.717) is 4.90 Å². The molecule has 2 aromatic rings. The summed E-state index contributed by atoms with van der Waals surface area (Å²) in [6, 6.07) is 13.7. The Morgan fingerprint density at radius 1 is 0.870 bits per heavy atom. The number of halogens is 1. The van der Waals surface area contributed by atoms with E-state index >= 15 is 0 Å². The summed E-state index contributed by atoms with van der Waals surface area (Å²) in [7, 11) is 0. The van der Waals surface area contributed by atoms with Gasteiger partial charge in [0.1, 0.15) is 0 Å². The van der Waals surface area contributed by atoms with Crippen LogP contribution < -0.4 is 5.73 Å². The van der Waals surface area contributed by atoms with Crippen molar-refractivity contribution < 1.29 is 18.8 Å². The van der Waals surface area contributed by atoms with E-state index in [9.17, 15) is 18.8 Å². The van der Waals surface area contributed by atoms with Crippen LogP contribution in [-0.4, -0.2) is 22.6 Å². The number of amides is 3. The van der Waals surface area contributed by atoms with Crippen LogP contribution in [0.25, 0.3) is 5.83 Å². The second-order valence-electron chi connectivity index (χ2n) is 4.88. The Balaban J connectivity index is 2.17. The highest BCUT2D eigenvalue weighted by Gasteiger charge is 2.41. The molecule has 3 rings (SSSR count). The Kier molecular flexibility index (Phi) is 3.50. The molecule has 2 N–H and O–H groups in total. The largest absolute Gasteiger partial charge is 0.364 e. The van der Waals surface area contributed by atoms with E-state index in [2.05, 4.69) is 0 Å². The lowest BCUT2D eigenvalue weighted by atomic mass is 10.1. The van der Waals surface area contributed by atoms with Gasteiger partial charge in [-0.25, -0.2) is 9.29 Å². The molecule has 1 aliphatic rings. The molecule has 2 aromatic carbocycles. The minimum Gasteiger partial charge on any atom is -0.364 e. The van der Waals surface area contributed by atoms with Crippen molar-refractivity contribution in [3.05, 3.63) is 77.0 Å². The van der Waals surface area contributed by atoms with E-state index in [1.54, 1.807) is 30.3 Å². The van der Waals surface area contributed by atoms with E-state index in [4.69, 9.17) is 5.73 Å². The maximum Gasteiger partial charge on any atom is 0.268 e. The van der Waals surface area contributed by atoms with Crippen LogP contribution in [0.4, 0.5) is 4.39 Å². The summed E-state index contributed by atoms with van der Waals surface area (Å²) < 4.78 is 14.7. The maximum absolute atomic E-state index is 14.7. The van der Waals surface area contributed by atoms with Crippen LogP contribution in [-0.2, 0) is 4.79 Å². The number of nitrogens with zero attached hydrogens (tertiary/aromatic N) is 1. The van der Waals surface area contributed by atoms with Gasteiger partial charge in [-0.1, -0.05) is 42.5 Å². The quantitative estimate of drug-likeness (QED) is 0.696. The minimum atomic E-state index is -1.19. The highest BCUT2D eigenvalue weighted by atomic mass is 19.1. The molecular weight excluding hydrogens is 299 g/mol. The van der Waals surface area contributed by atoms with E-state index < -0.39 is 29.2 Å². The Morgan fingerprint density at radius 2 is 1.35 bits per heavy atom. The van der Waals surface area contributed by atoms with Gasteiger partial charge in [-0.3, -0.25) is 14.4 Å². The number of imide groups is 1. The maximum atomic E-state index is 14.7. The van der Waals surface area contributed by atoms with Crippen LogP contribution >= 0.6 is 0 Å². The molecule has 3 amide bonds. The fourth-order valence-corrected chi connectivity index (χ4v) is 2.43. The highest BCUT2D eigenvalue weighted by Crippen LogP contribution is 2.30. The first-order chi connectivity index (χ1) is 11.0. The van der Waals surface area contributed by atoms with Crippen molar-refractivity contribution in [3.63, 3.8) is 0 Å². The lowest BCUT2D eigenvalue weighted by Gasteiger charge is -2.16. The van der Waals surface area contributed by atoms with Gasteiger partial charge in [-0.15, -0.1) is 0 Å². The monoisotopic (exact) mass is 310 g/mol. The smallest absolute Gasteiger partial charge is 0.268 e. The molecule has 0 radical (unpaired) electrons. The van der Waals surface area contributed by atoms with Crippen molar-refractivity contribution in [2.45, 2.75) is 0 Å². The molecule has 0 aromatic heterocycles. The van der Waals surface area contributed by atoms with Crippen LogP contribution in [0.3, 0.4) is 0 Å². The Hall–Kier alpha value is -3.28. The SMILES string of the molecule is NC(=O)/C(=C(\F)c1ccccc1)N1C(=O)c2ccccc2C1=O. The average Bonchev–Trinajstić information content (AvgIpc) is 2.81. The van der Waals surface area contributed by atoms with E-state index in [-0.39, 0.29) is 16.7 Å². The van der Waals surface area contributed by atoms with E-state index in [1.807, 2.05) is 0 Å². The van der Waals surface area contributed by atoms with Gasteiger partial charge >= 0.3 is 0 Å². The Morgan fingerprint density at radius 3 is 1.83 bits per heavy atom. The van der Waals surface area contributed by atoms with Crippen LogP contribution in [0.1, 0.15) is 26.3 Å². The second kappa shape index (κ2) is 5.49. The van der Waals surface area contributed by atoms with Gasteiger partial charge in [-0.05, 0) is 12.1 Å². The Bertz CT molecular complexity index is 824. The summed E-state index contributed by atoms with van der Waals surface area (Å²) in [6.45, 7) is 0. The summed E-state index contributed by atoms with van der Waals surface area (Å²) in [5.41, 5.74) is 4.74. The zero-order valence-corrected chi connectivity index (χ0v) is 11.8. The van der Waals surface area contributed by atoms with Gasteiger partial charge in [-0.2, -0.15) is 0 Å². The van der Waals surface area contributed by atoms with E-state index in [1.165, 1.54) is 24.3 Å². The summed E-state index contributed by atoms with van der Waals surface area (Å²) >= 11 is 0. The third-order valence-electron chi connectivity index (χ3n) is 3.49. The molecule has 114 valence electrons. The standard InChI is InChI=1S/C17H11FN2O3/c18-13(10-6-2-1-3-7-10)14(15(19)21)20-16(22)11-8-4-5-9-12(11)17(20)23/h1-9H,(H2,19,21)/b14-13+. The van der Waals surface area contributed by atoms with Crippen molar-refractivity contribution in [1.82, 2.24) is 4.90 Å². The molecule has 0 atom stereocenters. The Labute approximate surface area is 130 Å². The van der Waals surface area contributed by atoms with Gasteiger partial charge < -0.3 is 5.73 Å². The number of hydrogen-bond acceptors (Lipinski definition) is 3. The first kappa shape index (κ1) is 14.6. The van der Waals surface area contributed by atoms with Crippen LogP contribution in [0.15, 0.2) is 60.3 Å². The summed E-state index contributed by atoms with van der Waals surface area (Å²) in [5, 5.41) is 0. The molecule has 0 bridgehead atoms. The number of carbonyl (C=O) groups excluding carboxylic acids is 3. The zero-order valence-electron chi connectivity index (χ0n) is 11.8. The van der Waals surface area contributed by atoms with Gasteiger partial charge in [0, 0.05) is 5.56 Å². The van der Waals surface area contributed by atoms with Crippen LogP contribution in [0.5, 0.6) is 0 Å². The first-order valence-corrected chi connectivity index (χ1v) is 6.75. The number of rotatable bonds is 3. The number of benzene rings is 2. The predicted molar refractivity (Wildman–Crippen MR) is 80.6 cm³/mol. The van der Waals surface area contributed by atoms with Gasteiger partial charge in [0.15, 0.2) is 11.5 Å². The summed E-state index contributed by atoms with van der Waals surface area (Å²) in [6.07, 6.45) is 0. The first-order valence-electron chi connectivity index (χ1n) is 6.75. The van der Waals surface area contributed by atoms with Gasteiger partial charge in [0.2, 0.25) is 0 Å². The lowest BCUT2D eigenvalue weighted by Crippen LogP contribution is -2.36. The molecule has 0 spiro atoms. The molecule has 5 nitrogen and oxygen atoms in total. The summed E-state index contributed by atoms with van der Waals surface area (Å²) in [4.78, 5) is 37.0. The third kappa shape index (κ3) is 2.30. The fourth-order valence-electron chi connectivity index (χ4n) is 2.43. The van der Waals surface area contributed by atoms with Gasteiger partial charge in [0.05, 0.1) is 11.1 Å². The number of primary amides is 1. The molecule has 0 aliphatic carbocycles. The molecule has 6 heteroatoms. The van der Waals surface area contributed by atoms with Crippen molar-refractivity contribution in [3.8, 4) is 0 Å². The third-order valence-corrected chi connectivity index (χ3v) is 3.49. The van der Waals surface area contributed by atoms with Gasteiger partial charge in [0.25, 0.3) is 17.7 Å². The van der Waals surface area contributed by atoms with Crippen molar-refractivity contribution in [1.29, 1.82) is 0 Å². The molecular formula is C17H11FN2O3. The van der Waals surface area contributed by atoms with E-state index in [0.717, 1.165) is 0 Å². The normalized spacial score (nSPS) is 14.6. The number of hydrogen-bond donors (Lipinski definition) is 1. The van der Waals surface area contributed by atoms with Crippen molar-refractivity contribution in [2.24, 2.45) is 5.73 Å². The lowest BCUT2D eigenvalue weighted by molar-refractivity contribution is -0.115. The molecule has 0 fully saturated rings. The minimum absolute atomic E-state index is 0.0536. The highest BCUT2D eigenvalue weighted by molar-refractivity contribution is 6.25. The summed E-state index contributed by atoms with van der Waals surface area (Å²) in [5.74, 6) is -3.76. The molecule has 1 heterocycles. The van der Waals surface area contributed by atoms with Crippen molar-refractivity contribution in [2.75, 3.05) is 0 Å².